The number of aryl methyl sites for hydroxylation is 2. The minimum Gasteiger partial charge on any atom is -0.315 e. The maximum Gasteiger partial charge on any atom is 0.0597 e. The van der Waals surface area contributed by atoms with Crippen molar-refractivity contribution in [1.29, 1.82) is 0 Å². The molecule has 1 aliphatic rings. The highest BCUT2D eigenvalue weighted by Crippen LogP contribution is 2.11. The zero-order chi connectivity index (χ0) is 10.8. The van der Waals surface area contributed by atoms with Crippen molar-refractivity contribution in [2.24, 2.45) is 7.05 Å². The molecule has 4 heteroatoms. The lowest BCUT2D eigenvalue weighted by molar-refractivity contribution is 0.242. The predicted molar refractivity (Wildman–Crippen MR) is 60.7 cm³/mol. The third kappa shape index (κ3) is 2.38. The van der Waals surface area contributed by atoms with E-state index in [0.717, 1.165) is 25.3 Å². The Morgan fingerprint density at radius 2 is 2.47 bits per heavy atom. The molecule has 1 aliphatic heterocycles. The Balaban J connectivity index is 1.98. The van der Waals surface area contributed by atoms with Gasteiger partial charge in [-0.25, -0.2) is 0 Å². The Kier molecular flexibility index (Phi) is 3.07. The van der Waals surface area contributed by atoms with Crippen LogP contribution in [-0.4, -0.2) is 40.9 Å². The van der Waals surface area contributed by atoms with Crippen LogP contribution in [0.4, 0.5) is 0 Å². The quantitative estimate of drug-likeness (QED) is 0.786. The van der Waals surface area contributed by atoms with Gasteiger partial charge in [0.2, 0.25) is 0 Å². The summed E-state index contributed by atoms with van der Waals surface area (Å²) in [6.07, 6.45) is 1.26. The molecule has 1 aromatic rings. The van der Waals surface area contributed by atoms with Crippen molar-refractivity contribution >= 4 is 0 Å². The third-order valence-corrected chi connectivity index (χ3v) is 3.17. The van der Waals surface area contributed by atoms with Crippen LogP contribution in [0.2, 0.25) is 0 Å². The third-order valence-electron chi connectivity index (χ3n) is 3.17. The van der Waals surface area contributed by atoms with E-state index in [2.05, 4.69) is 28.4 Å². The van der Waals surface area contributed by atoms with E-state index in [4.69, 9.17) is 0 Å². The van der Waals surface area contributed by atoms with Gasteiger partial charge >= 0.3 is 0 Å². The lowest BCUT2D eigenvalue weighted by atomic mass is 10.2. The number of hydrogen-bond acceptors (Lipinski definition) is 3. The number of rotatable bonds is 3. The van der Waals surface area contributed by atoms with Crippen molar-refractivity contribution in [1.82, 2.24) is 20.0 Å². The number of nitrogens with one attached hydrogen (secondary N) is 1. The van der Waals surface area contributed by atoms with Crippen LogP contribution in [0, 0.1) is 6.92 Å². The molecule has 1 atom stereocenters. The van der Waals surface area contributed by atoms with Crippen molar-refractivity contribution in [3.8, 4) is 0 Å². The molecule has 1 N–H and O–H groups in total. The Hall–Kier alpha value is -0.870. The minimum absolute atomic E-state index is 0.681. The van der Waals surface area contributed by atoms with E-state index in [-0.39, 0.29) is 0 Å². The Morgan fingerprint density at radius 1 is 1.67 bits per heavy atom. The predicted octanol–water partition coefficient (Wildman–Crippen LogP) is 0.522. The van der Waals surface area contributed by atoms with E-state index < -0.39 is 0 Å². The number of aromatic nitrogens is 2. The molecule has 15 heavy (non-hydrogen) atoms. The first-order chi connectivity index (χ1) is 7.16. The van der Waals surface area contributed by atoms with Gasteiger partial charge in [-0.3, -0.25) is 9.58 Å². The molecule has 0 bridgehead atoms. The van der Waals surface area contributed by atoms with Crippen LogP contribution in [0.15, 0.2) is 6.07 Å². The van der Waals surface area contributed by atoms with Crippen molar-refractivity contribution in [2.45, 2.75) is 25.9 Å². The summed E-state index contributed by atoms with van der Waals surface area (Å²) >= 11 is 0. The normalized spacial score (nSPS) is 21.5. The van der Waals surface area contributed by atoms with Crippen LogP contribution >= 0.6 is 0 Å². The van der Waals surface area contributed by atoms with E-state index in [1.54, 1.807) is 0 Å². The van der Waals surface area contributed by atoms with Gasteiger partial charge in [-0.1, -0.05) is 0 Å². The lowest BCUT2D eigenvalue weighted by Crippen LogP contribution is -2.33. The van der Waals surface area contributed by atoms with E-state index in [1.807, 2.05) is 18.7 Å². The zero-order valence-corrected chi connectivity index (χ0v) is 9.82. The maximum absolute atomic E-state index is 4.37. The first-order valence-corrected chi connectivity index (χ1v) is 5.57. The Labute approximate surface area is 91.3 Å². The highest BCUT2D eigenvalue weighted by atomic mass is 15.3. The van der Waals surface area contributed by atoms with Crippen LogP contribution in [0.5, 0.6) is 0 Å². The molecule has 84 valence electrons. The molecule has 1 fully saturated rings. The number of hydrogen-bond donors (Lipinski definition) is 1. The van der Waals surface area contributed by atoms with Crippen LogP contribution in [0.1, 0.15) is 17.8 Å². The molecule has 0 spiro atoms. The summed E-state index contributed by atoms with van der Waals surface area (Å²) < 4.78 is 1.98. The second-order valence-corrected chi connectivity index (χ2v) is 4.46. The fraction of sp³-hybridized carbons (Fsp3) is 0.727. The van der Waals surface area contributed by atoms with Gasteiger partial charge in [-0.15, -0.1) is 0 Å². The summed E-state index contributed by atoms with van der Waals surface area (Å²) in [6.45, 7) is 5.30. The van der Waals surface area contributed by atoms with Crippen molar-refractivity contribution in [3.05, 3.63) is 17.5 Å². The van der Waals surface area contributed by atoms with E-state index >= 15 is 0 Å². The van der Waals surface area contributed by atoms with Crippen molar-refractivity contribution in [2.75, 3.05) is 20.1 Å². The van der Waals surface area contributed by atoms with Gasteiger partial charge in [0.25, 0.3) is 0 Å². The largest absolute Gasteiger partial charge is 0.315 e. The molecule has 0 aliphatic carbocycles. The van der Waals surface area contributed by atoms with Gasteiger partial charge < -0.3 is 5.32 Å². The summed E-state index contributed by atoms with van der Waals surface area (Å²) in [6, 6.07) is 2.85. The molecular weight excluding hydrogens is 188 g/mol. The number of nitrogens with zero attached hydrogens (tertiary/aromatic N) is 3. The van der Waals surface area contributed by atoms with Crippen molar-refractivity contribution in [3.63, 3.8) is 0 Å². The van der Waals surface area contributed by atoms with Gasteiger partial charge in [0.1, 0.15) is 0 Å². The van der Waals surface area contributed by atoms with Crippen LogP contribution < -0.4 is 5.32 Å². The molecule has 0 saturated carbocycles. The second-order valence-electron chi connectivity index (χ2n) is 4.46. The SMILES string of the molecule is Cc1cc(CN(C)C2CCNC2)n(C)n1. The summed E-state index contributed by atoms with van der Waals surface area (Å²) in [7, 11) is 4.21. The molecule has 0 amide bonds. The molecule has 0 aromatic carbocycles. The zero-order valence-electron chi connectivity index (χ0n) is 9.82. The number of likely N-dealkylation sites (N-methyl/N-ethyl adjacent to an activating group) is 1. The van der Waals surface area contributed by atoms with Gasteiger partial charge in [0.15, 0.2) is 0 Å². The molecule has 1 unspecified atom stereocenters. The summed E-state index contributed by atoms with van der Waals surface area (Å²) in [5.41, 5.74) is 2.40. The molecule has 2 rings (SSSR count). The maximum atomic E-state index is 4.37. The Morgan fingerprint density at radius 3 is 3.00 bits per heavy atom. The smallest absolute Gasteiger partial charge is 0.0597 e. The molecular formula is C11H20N4. The van der Waals surface area contributed by atoms with Crippen molar-refractivity contribution < 1.29 is 0 Å². The van der Waals surface area contributed by atoms with Gasteiger partial charge in [-0.05, 0) is 33.0 Å². The molecule has 4 nitrogen and oxygen atoms in total. The van der Waals surface area contributed by atoms with E-state index in [0.29, 0.717) is 6.04 Å². The first kappa shape index (κ1) is 10.6. The molecule has 0 radical (unpaired) electrons. The molecule has 1 saturated heterocycles. The van der Waals surface area contributed by atoms with Gasteiger partial charge in [-0.2, -0.15) is 5.10 Å². The van der Waals surface area contributed by atoms with Gasteiger partial charge in [0, 0.05) is 26.2 Å². The van der Waals surface area contributed by atoms with E-state index in [1.165, 1.54) is 12.1 Å². The second kappa shape index (κ2) is 4.33. The standard InChI is InChI=1S/C11H20N4/c1-9-6-11(15(3)13-9)8-14(2)10-4-5-12-7-10/h6,10,12H,4-5,7-8H2,1-3H3. The van der Waals surface area contributed by atoms with E-state index in [9.17, 15) is 0 Å². The fourth-order valence-electron chi connectivity index (χ4n) is 2.21. The van der Waals surface area contributed by atoms with Crippen LogP contribution in [0.25, 0.3) is 0 Å². The Bertz CT molecular complexity index is 325. The topological polar surface area (TPSA) is 33.1 Å². The highest BCUT2D eigenvalue weighted by Gasteiger charge is 2.19. The lowest BCUT2D eigenvalue weighted by Gasteiger charge is -2.23. The highest BCUT2D eigenvalue weighted by molar-refractivity contribution is 5.08. The minimum atomic E-state index is 0.681. The van der Waals surface area contributed by atoms with Crippen LogP contribution in [0.3, 0.4) is 0 Å². The first-order valence-electron chi connectivity index (χ1n) is 5.57. The van der Waals surface area contributed by atoms with Gasteiger partial charge in [0.05, 0.1) is 11.4 Å². The average Bonchev–Trinajstić information content (AvgIpc) is 2.76. The van der Waals surface area contributed by atoms with Crippen LogP contribution in [-0.2, 0) is 13.6 Å². The summed E-state index contributed by atoms with van der Waals surface area (Å²) in [5, 5.41) is 7.76. The summed E-state index contributed by atoms with van der Waals surface area (Å²) in [4.78, 5) is 2.41. The summed E-state index contributed by atoms with van der Waals surface area (Å²) in [5.74, 6) is 0. The average molecular weight is 208 g/mol. The monoisotopic (exact) mass is 208 g/mol. The fourth-order valence-corrected chi connectivity index (χ4v) is 2.21. The molecule has 2 heterocycles. The molecule has 1 aromatic heterocycles.